The van der Waals surface area contributed by atoms with Crippen LogP contribution in [-0.2, 0) is 33.3 Å². The summed E-state index contributed by atoms with van der Waals surface area (Å²) < 4.78 is 22.3. The van der Waals surface area contributed by atoms with Gasteiger partial charge in [-0.05, 0) is 19.1 Å². The number of thioether (sulfide) groups is 1. The number of hydrogen-bond donors (Lipinski definition) is 2. The molecule has 4 unspecified atom stereocenters. The number of nitrogens with one attached hydrogen (secondary N) is 1. The number of thiazole rings is 1. The summed E-state index contributed by atoms with van der Waals surface area (Å²) in [6.07, 6.45) is 0.373. The molecular weight excluding hydrogens is 603 g/mol. The highest BCUT2D eigenvalue weighted by molar-refractivity contribution is 7.99. The highest BCUT2D eigenvalue weighted by Crippen LogP contribution is 2.35. The molecular formula is C25H28Cl2N4O7S2. The molecule has 0 radical (unpaired) electrons. The third kappa shape index (κ3) is 10.9. The Balaban J connectivity index is 2.44. The van der Waals surface area contributed by atoms with Crippen molar-refractivity contribution in [1.29, 1.82) is 5.26 Å². The summed E-state index contributed by atoms with van der Waals surface area (Å²) in [6, 6.07) is 4.96. The van der Waals surface area contributed by atoms with Crippen molar-refractivity contribution >= 4 is 69.9 Å². The highest BCUT2D eigenvalue weighted by Gasteiger charge is 2.33. The van der Waals surface area contributed by atoms with Crippen LogP contribution in [0.25, 0.3) is 5.70 Å². The van der Waals surface area contributed by atoms with E-state index in [-0.39, 0.29) is 28.8 Å². The van der Waals surface area contributed by atoms with Gasteiger partial charge in [-0.3, -0.25) is 14.4 Å². The predicted octanol–water partition coefficient (Wildman–Crippen LogP) is 4.12. The maximum Gasteiger partial charge on any atom is 0.303 e. The first-order valence-electron chi connectivity index (χ1n) is 11.7. The quantitative estimate of drug-likeness (QED) is 0.133. The van der Waals surface area contributed by atoms with Gasteiger partial charge in [0, 0.05) is 43.4 Å². The number of halogens is 2. The molecule has 216 valence electrons. The first-order valence-corrected chi connectivity index (χ1v) is 14.2. The third-order valence-electron chi connectivity index (χ3n) is 4.89. The summed E-state index contributed by atoms with van der Waals surface area (Å²) in [4.78, 5) is 39.9. The number of benzene rings is 1. The average molecular weight is 632 g/mol. The number of esters is 3. The Hall–Kier alpha value is -3.02. The zero-order valence-corrected chi connectivity index (χ0v) is 25.2. The van der Waals surface area contributed by atoms with Crippen molar-refractivity contribution in [2.45, 2.75) is 56.3 Å². The topological polar surface area (TPSA) is 163 Å². The summed E-state index contributed by atoms with van der Waals surface area (Å²) in [5.74, 6) is -1.74. The number of carbonyl (C=O) groups excluding carboxylic acids is 3. The van der Waals surface area contributed by atoms with Crippen LogP contribution in [0, 0.1) is 11.3 Å². The SMILES string of the molecule is CC(=O)OCC(OC(Sc1cc(Cl)c(C#N)c(Cl)c1)C(CN/C=C(\N)c1nccs1)OC(C)=O)C(C)OC(C)=O. The second kappa shape index (κ2) is 16.3. The molecule has 11 nitrogen and oxygen atoms in total. The molecule has 3 N–H and O–H groups in total. The second-order valence-corrected chi connectivity index (χ2v) is 11.0. The fourth-order valence-electron chi connectivity index (χ4n) is 3.16. The van der Waals surface area contributed by atoms with E-state index in [0.29, 0.717) is 15.6 Å². The summed E-state index contributed by atoms with van der Waals surface area (Å²) in [5.41, 5.74) is 5.55. The molecule has 1 heterocycles. The summed E-state index contributed by atoms with van der Waals surface area (Å²) >= 11 is 14.9. The van der Waals surface area contributed by atoms with E-state index in [0.717, 1.165) is 11.8 Å². The molecule has 4 atom stereocenters. The summed E-state index contributed by atoms with van der Waals surface area (Å²) in [5, 5.41) is 14.9. The molecule has 0 saturated carbocycles. The lowest BCUT2D eigenvalue weighted by Crippen LogP contribution is -2.44. The molecule has 0 spiro atoms. The zero-order valence-electron chi connectivity index (χ0n) is 22.0. The van der Waals surface area contributed by atoms with E-state index >= 15 is 0 Å². The first kappa shape index (κ1) is 33.2. The van der Waals surface area contributed by atoms with Crippen molar-refractivity contribution in [2.75, 3.05) is 13.2 Å². The van der Waals surface area contributed by atoms with E-state index in [1.54, 1.807) is 18.5 Å². The molecule has 0 aliphatic heterocycles. The molecule has 2 aromatic rings. The molecule has 0 amide bonds. The maximum atomic E-state index is 12.1. The van der Waals surface area contributed by atoms with Gasteiger partial charge in [0.25, 0.3) is 0 Å². The van der Waals surface area contributed by atoms with E-state index in [1.165, 1.54) is 50.4 Å². The molecule has 1 aromatic carbocycles. The minimum atomic E-state index is -0.982. The smallest absolute Gasteiger partial charge is 0.303 e. The van der Waals surface area contributed by atoms with Crippen LogP contribution in [0.3, 0.4) is 0 Å². The van der Waals surface area contributed by atoms with Crippen LogP contribution in [0.2, 0.25) is 10.0 Å². The number of hydrogen-bond acceptors (Lipinski definition) is 13. The average Bonchev–Trinajstić information content (AvgIpc) is 3.39. The van der Waals surface area contributed by atoms with E-state index in [4.69, 9.17) is 47.9 Å². The van der Waals surface area contributed by atoms with Crippen molar-refractivity contribution in [3.8, 4) is 6.07 Å². The Morgan fingerprint density at radius 1 is 1.15 bits per heavy atom. The van der Waals surface area contributed by atoms with Crippen molar-refractivity contribution in [3.63, 3.8) is 0 Å². The van der Waals surface area contributed by atoms with Crippen molar-refractivity contribution < 1.29 is 33.3 Å². The molecule has 0 bridgehead atoms. The van der Waals surface area contributed by atoms with Gasteiger partial charge in [0.1, 0.15) is 35.3 Å². The fourth-order valence-corrected chi connectivity index (χ4v) is 5.57. The first-order chi connectivity index (χ1) is 18.9. The van der Waals surface area contributed by atoms with Crippen LogP contribution in [0.4, 0.5) is 0 Å². The molecule has 2 rings (SSSR count). The van der Waals surface area contributed by atoms with Gasteiger partial charge in [0.15, 0.2) is 6.10 Å². The standard InChI is InChI=1S/C25H28Cl2N4O7S2/c1-13(36-15(3)33)23(12-35-14(2)32)38-25(40-17-7-19(26)18(9-28)20(27)8-17)22(37-16(4)34)11-30-10-21(29)24-31-5-6-39-24/h5-8,10,13,22-23,25,30H,11-12,29H2,1-4H3/b21-10-. The monoisotopic (exact) mass is 630 g/mol. The van der Waals surface area contributed by atoms with Gasteiger partial charge in [-0.2, -0.15) is 5.26 Å². The minimum absolute atomic E-state index is 0.0310. The summed E-state index contributed by atoms with van der Waals surface area (Å²) in [6.45, 7) is 5.05. The number of ether oxygens (including phenoxy) is 4. The lowest BCUT2D eigenvalue weighted by molar-refractivity contribution is -0.169. The fraction of sp³-hybridized carbons (Fsp3) is 0.400. The number of rotatable bonds is 14. The van der Waals surface area contributed by atoms with Crippen LogP contribution in [0.15, 0.2) is 34.8 Å². The van der Waals surface area contributed by atoms with Crippen LogP contribution >= 0.6 is 46.3 Å². The number of carbonyl (C=O) groups is 3. The number of nitrogens with two attached hydrogens (primary N) is 1. The maximum absolute atomic E-state index is 12.1. The van der Waals surface area contributed by atoms with Crippen molar-refractivity contribution in [2.24, 2.45) is 5.73 Å². The number of nitriles is 1. The second-order valence-electron chi connectivity index (χ2n) is 8.14. The number of aromatic nitrogens is 1. The van der Waals surface area contributed by atoms with Crippen LogP contribution in [0.1, 0.15) is 38.3 Å². The zero-order chi connectivity index (χ0) is 29.8. The number of nitrogens with zero attached hydrogens (tertiary/aromatic N) is 2. The summed E-state index contributed by atoms with van der Waals surface area (Å²) in [7, 11) is 0. The Morgan fingerprint density at radius 3 is 2.33 bits per heavy atom. The molecule has 0 aliphatic carbocycles. The van der Waals surface area contributed by atoms with E-state index in [1.807, 2.05) is 6.07 Å². The van der Waals surface area contributed by atoms with Crippen molar-refractivity contribution in [3.05, 3.63) is 50.5 Å². The Bertz CT molecular complexity index is 1230. The van der Waals surface area contributed by atoms with E-state index in [2.05, 4.69) is 10.3 Å². The Labute approximate surface area is 249 Å². The van der Waals surface area contributed by atoms with Crippen molar-refractivity contribution in [1.82, 2.24) is 10.3 Å². The molecule has 0 fully saturated rings. The molecule has 1 aromatic heterocycles. The Morgan fingerprint density at radius 2 is 1.80 bits per heavy atom. The molecule has 0 saturated heterocycles. The van der Waals surface area contributed by atoms with E-state index in [9.17, 15) is 19.6 Å². The lowest BCUT2D eigenvalue weighted by Gasteiger charge is -2.32. The van der Waals surface area contributed by atoms with Gasteiger partial charge in [-0.25, -0.2) is 4.98 Å². The van der Waals surface area contributed by atoms with Gasteiger partial charge >= 0.3 is 17.9 Å². The predicted molar refractivity (Wildman–Crippen MR) is 151 cm³/mol. The van der Waals surface area contributed by atoms with Gasteiger partial charge in [0.2, 0.25) is 0 Å². The van der Waals surface area contributed by atoms with Crippen LogP contribution in [0.5, 0.6) is 0 Å². The van der Waals surface area contributed by atoms with Gasteiger partial charge in [0.05, 0.1) is 27.9 Å². The van der Waals surface area contributed by atoms with Gasteiger partial charge in [-0.15, -0.1) is 11.3 Å². The third-order valence-corrected chi connectivity index (χ3v) is 7.46. The highest BCUT2D eigenvalue weighted by atomic mass is 35.5. The molecule has 40 heavy (non-hydrogen) atoms. The Kier molecular flexibility index (Phi) is 13.5. The minimum Gasteiger partial charge on any atom is -0.463 e. The van der Waals surface area contributed by atoms with Gasteiger partial charge < -0.3 is 30.0 Å². The lowest BCUT2D eigenvalue weighted by atomic mass is 10.2. The van der Waals surface area contributed by atoms with E-state index < -0.39 is 41.7 Å². The molecule has 15 heteroatoms. The normalized spacial score (nSPS) is 14.3. The van der Waals surface area contributed by atoms with Crippen LogP contribution < -0.4 is 11.1 Å². The van der Waals surface area contributed by atoms with Crippen LogP contribution in [-0.4, -0.2) is 59.8 Å². The van der Waals surface area contributed by atoms with Gasteiger partial charge in [-0.1, -0.05) is 35.0 Å². The largest absolute Gasteiger partial charge is 0.463 e. The molecule has 0 aliphatic rings.